The Balaban J connectivity index is 2.05. The Kier molecular flexibility index (Phi) is 6.13. The minimum Gasteiger partial charge on any atom is -0.506 e. The van der Waals surface area contributed by atoms with Crippen molar-refractivity contribution in [3.8, 4) is 17.6 Å². The van der Waals surface area contributed by atoms with Crippen LogP contribution in [0.25, 0.3) is 0 Å². The third-order valence-electron chi connectivity index (χ3n) is 4.50. The molecule has 0 bridgehead atoms. The SMILES string of the molecule is N#Cc1ccc(Br)c([C@H](c2ccc(OC(F)(F)F)cc2)N2CCNCC2)c1O. The lowest BCUT2D eigenvalue weighted by Gasteiger charge is -2.36. The van der Waals surface area contributed by atoms with Gasteiger partial charge in [0.05, 0.1) is 11.6 Å². The molecule has 0 aromatic heterocycles. The van der Waals surface area contributed by atoms with Gasteiger partial charge in [-0.2, -0.15) is 5.26 Å². The van der Waals surface area contributed by atoms with E-state index < -0.39 is 12.4 Å². The Hall–Kier alpha value is -2.28. The first-order valence-electron chi connectivity index (χ1n) is 8.52. The van der Waals surface area contributed by atoms with E-state index in [4.69, 9.17) is 0 Å². The quantitative estimate of drug-likeness (QED) is 0.731. The number of halogens is 4. The molecule has 0 unspecified atom stereocenters. The fourth-order valence-corrected chi connectivity index (χ4v) is 3.82. The molecule has 1 saturated heterocycles. The van der Waals surface area contributed by atoms with Crippen molar-refractivity contribution in [2.24, 2.45) is 0 Å². The molecule has 9 heteroatoms. The highest BCUT2D eigenvalue weighted by molar-refractivity contribution is 9.10. The highest BCUT2D eigenvalue weighted by atomic mass is 79.9. The predicted octanol–water partition coefficient (Wildman–Crippen LogP) is 3.92. The minimum atomic E-state index is -4.76. The van der Waals surface area contributed by atoms with Crippen LogP contribution in [-0.4, -0.2) is 42.5 Å². The predicted molar refractivity (Wildman–Crippen MR) is 99.9 cm³/mol. The lowest BCUT2D eigenvalue weighted by molar-refractivity contribution is -0.274. The normalized spacial score (nSPS) is 16.4. The van der Waals surface area contributed by atoms with Gasteiger partial charge in [0.1, 0.15) is 17.6 Å². The Morgan fingerprint density at radius 3 is 2.36 bits per heavy atom. The van der Waals surface area contributed by atoms with Crippen LogP contribution in [0.3, 0.4) is 0 Å². The number of nitriles is 1. The van der Waals surface area contributed by atoms with Crippen LogP contribution < -0.4 is 10.1 Å². The van der Waals surface area contributed by atoms with Crippen molar-refractivity contribution in [2.75, 3.05) is 26.2 Å². The van der Waals surface area contributed by atoms with Crippen LogP contribution in [0.5, 0.6) is 11.5 Å². The van der Waals surface area contributed by atoms with E-state index in [1.165, 1.54) is 18.2 Å². The van der Waals surface area contributed by atoms with Gasteiger partial charge in [-0.25, -0.2) is 0 Å². The average Bonchev–Trinajstić information content (AvgIpc) is 2.66. The van der Waals surface area contributed by atoms with Gasteiger partial charge >= 0.3 is 6.36 Å². The van der Waals surface area contributed by atoms with Crippen LogP contribution in [0, 0.1) is 11.3 Å². The van der Waals surface area contributed by atoms with E-state index in [9.17, 15) is 23.5 Å². The Labute approximate surface area is 168 Å². The van der Waals surface area contributed by atoms with E-state index in [-0.39, 0.29) is 17.1 Å². The number of rotatable bonds is 4. The van der Waals surface area contributed by atoms with Crippen molar-refractivity contribution in [2.45, 2.75) is 12.4 Å². The molecule has 0 amide bonds. The van der Waals surface area contributed by atoms with Crippen LogP contribution >= 0.6 is 15.9 Å². The van der Waals surface area contributed by atoms with E-state index in [1.54, 1.807) is 18.2 Å². The largest absolute Gasteiger partial charge is 0.573 e. The summed E-state index contributed by atoms with van der Waals surface area (Å²) in [4.78, 5) is 2.11. The van der Waals surface area contributed by atoms with Crippen molar-refractivity contribution in [3.05, 3.63) is 57.6 Å². The molecule has 1 aliphatic heterocycles. The first-order valence-corrected chi connectivity index (χ1v) is 9.31. The maximum Gasteiger partial charge on any atom is 0.573 e. The molecule has 2 aromatic rings. The van der Waals surface area contributed by atoms with Crippen molar-refractivity contribution in [1.82, 2.24) is 10.2 Å². The highest BCUT2D eigenvalue weighted by Gasteiger charge is 2.32. The molecule has 0 saturated carbocycles. The molecule has 2 N–H and O–H groups in total. The molecule has 1 atom stereocenters. The number of hydrogen-bond acceptors (Lipinski definition) is 5. The number of ether oxygens (including phenoxy) is 1. The third kappa shape index (κ3) is 4.58. The number of alkyl halides is 3. The van der Waals surface area contributed by atoms with Gasteiger partial charge in [0.25, 0.3) is 0 Å². The fourth-order valence-electron chi connectivity index (χ4n) is 3.29. The summed E-state index contributed by atoms with van der Waals surface area (Å²) in [6.45, 7) is 2.83. The number of aromatic hydroxyl groups is 1. The van der Waals surface area contributed by atoms with E-state index in [0.717, 1.165) is 13.1 Å². The summed E-state index contributed by atoms with van der Waals surface area (Å²) in [5, 5.41) is 23.2. The summed E-state index contributed by atoms with van der Waals surface area (Å²) in [6.07, 6.45) is -4.76. The first kappa shape index (κ1) is 20.5. The Morgan fingerprint density at radius 1 is 1.14 bits per heavy atom. The molecule has 0 spiro atoms. The van der Waals surface area contributed by atoms with Crippen LogP contribution in [-0.2, 0) is 0 Å². The lowest BCUT2D eigenvalue weighted by atomic mass is 9.94. The van der Waals surface area contributed by atoms with Crippen LogP contribution in [0.15, 0.2) is 40.9 Å². The van der Waals surface area contributed by atoms with Crippen LogP contribution in [0.4, 0.5) is 13.2 Å². The molecule has 1 heterocycles. The second-order valence-corrected chi connectivity index (χ2v) is 7.13. The topological polar surface area (TPSA) is 68.5 Å². The molecular weight excluding hydrogens is 439 g/mol. The van der Waals surface area contributed by atoms with E-state index >= 15 is 0 Å². The summed E-state index contributed by atoms with van der Waals surface area (Å²) in [7, 11) is 0. The number of nitrogens with zero attached hydrogens (tertiary/aromatic N) is 2. The molecule has 3 rings (SSSR count). The second kappa shape index (κ2) is 8.39. The summed E-state index contributed by atoms with van der Waals surface area (Å²) in [5.74, 6) is -0.458. The number of benzene rings is 2. The molecule has 2 aromatic carbocycles. The first-order chi connectivity index (χ1) is 13.3. The zero-order valence-corrected chi connectivity index (χ0v) is 16.2. The molecular formula is C19H17BrF3N3O2. The molecule has 148 valence electrons. The molecule has 0 aliphatic carbocycles. The maximum atomic E-state index is 12.4. The zero-order valence-electron chi connectivity index (χ0n) is 14.6. The molecule has 1 fully saturated rings. The molecule has 1 aliphatic rings. The van der Waals surface area contributed by atoms with E-state index in [0.29, 0.717) is 28.7 Å². The second-order valence-electron chi connectivity index (χ2n) is 6.27. The van der Waals surface area contributed by atoms with Crippen molar-refractivity contribution in [1.29, 1.82) is 5.26 Å². The van der Waals surface area contributed by atoms with Gasteiger partial charge in [-0.1, -0.05) is 28.1 Å². The number of piperazine rings is 1. The van der Waals surface area contributed by atoms with Gasteiger partial charge in [0.2, 0.25) is 0 Å². The van der Waals surface area contributed by atoms with Crippen molar-refractivity contribution < 1.29 is 23.0 Å². The maximum absolute atomic E-state index is 12.4. The number of hydrogen-bond donors (Lipinski definition) is 2. The van der Waals surface area contributed by atoms with Gasteiger partial charge in [-0.15, -0.1) is 13.2 Å². The van der Waals surface area contributed by atoms with Crippen molar-refractivity contribution >= 4 is 15.9 Å². The van der Waals surface area contributed by atoms with Gasteiger partial charge in [0, 0.05) is 36.2 Å². The number of nitrogens with one attached hydrogen (secondary N) is 1. The van der Waals surface area contributed by atoms with E-state index in [2.05, 4.69) is 30.9 Å². The zero-order chi connectivity index (χ0) is 20.3. The summed E-state index contributed by atoms with van der Waals surface area (Å²) < 4.78 is 41.9. The van der Waals surface area contributed by atoms with Crippen LogP contribution in [0.2, 0.25) is 0 Å². The van der Waals surface area contributed by atoms with Gasteiger partial charge in [-0.3, -0.25) is 4.90 Å². The summed E-state index contributed by atoms with van der Waals surface area (Å²) in [6, 6.07) is 10.3. The van der Waals surface area contributed by atoms with Gasteiger partial charge in [-0.05, 0) is 29.8 Å². The Morgan fingerprint density at radius 2 is 1.79 bits per heavy atom. The molecule has 28 heavy (non-hydrogen) atoms. The Bertz CT molecular complexity index is 876. The third-order valence-corrected chi connectivity index (χ3v) is 5.20. The fraction of sp³-hybridized carbons (Fsp3) is 0.316. The molecule has 5 nitrogen and oxygen atoms in total. The van der Waals surface area contributed by atoms with E-state index in [1.807, 2.05) is 6.07 Å². The average molecular weight is 456 g/mol. The van der Waals surface area contributed by atoms with Crippen molar-refractivity contribution in [3.63, 3.8) is 0 Å². The summed E-state index contributed by atoms with van der Waals surface area (Å²) in [5.41, 5.74) is 1.32. The number of phenols is 1. The smallest absolute Gasteiger partial charge is 0.506 e. The standard InChI is InChI=1S/C19H17BrF3N3O2/c20-15-6-3-13(11-24)18(27)16(15)17(26-9-7-25-8-10-26)12-1-4-14(5-2-12)28-19(21,22)23/h1-6,17,25,27H,7-10H2/t17-/m0/s1. The van der Waals surface area contributed by atoms with Crippen LogP contribution in [0.1, 0.15) is 22.7 Å². The monoisotopic (exact) mass is 455 g/mol. The summed E-state index contributed by atoms with van der Waals surface area (Å²) >= 11 is 3.44. The highest BCUT2D eigenvalue weighted by Crippen LogP contribution is 2.41. The molecule has 0 radical (unpaired) electrons. The lowest BCUT2D eigenvalue weighted by Crippen LogP contribution is -2.45. The minimum absolute atomic E-state index is 0.135. The van der Waals surface area contributed by atoms with Gasteiger partial charge < -0.3 is 15.2 Å². The number of phenolic OH excluding ortho intramolecular Hbond substituents is 1. The van der Waals surface area contributed by atoms with Gasteiger partial charge in [0.15, 0.2) is 0 Å².